The number of carbonyl (C=O) groups excluding carboxylic acids is 1. The lowest BCUT2D eigenvalue weighted by Crippen LogP contribution is -2.32. The van der Waals surface area contributed by atoms with Crippen LogP contribution >= 0.6 is 39.0 Å². The molecule has 0 N–H and O–H groups in total. The Labute approximate surface area is 580 Å². The van der Waals surface area contributed by atoms with E-state index >= 15 is 0 Å². The Hall–Kier alpha value is -4.97. The van der Waals surface area contributed by atoms with Crippen LogP contribution in [0.15, 0.2) is 72.8 Å². The number of ether oxygens (including phenoxy) is 7. The largest absolute Gasteiger partial charge is 0.496 e. The molecule has 6 aromatic rings. The molecule has 94 heavy (non-hydrogen) atoms. The number of methoxy groups -OCH3 is 4. The Kier molecular flexibility index (Phi) is 23.1. The highest BCUT2D eigenvalue weighted by Gasteiger charge is 2.41. The van der Waals surface area contributed by atoms with Gasteiger partial charge in [-0.3, -0.25) is 0 Å². The molecule has 1 aliphatic rings. The number of hydrogen-bond acceptors (Lipinski definition) is 8. The summed E-state index contributed by atoms with van der Waals surface area (Å²) in [6.45, 7) is 56.0. The number of benzene rings is 6. The van der Waals surface area contributed by atoms with Crippen LogP contribution in [0.5, 0.6) is 34.5 Å². The Balaban J connectivity index is 1.93. The highest BCUT2D eigenvalue weighted by atomic mass is 35.5. The number of hydrogen-bond donors (Lipinski definition) is 0. The first kappa shape index (κ1) is 76.4. The Bertz CT molecular complexity index is 3420. The van der Waals surface area contributed by atoms with Crippen LogP contribution < -0.4 is 60.2 Å². The van der Waals surface area contributed by atoms with Gasteiger partial charge >= 0.3 is 5.97 Å². The molecule has 514 valence electrons. The van der Waals surface area contributed by atoms with E-state index < -0.39 is 28.4 Å². The van der Waals surface area contributed by atoms with Gasteiger partial charge in [-0.2, -0.15) is 0 Å². The number of halogens is 2. The van der Waals surface area contributed by atoms with Crippen LogP contribution in [0.3, 0.4) is 0 Å². The van der Waals surface area contributed by atoms with Crippen LogP contribution in [0, 0.1) is 0 Å². The van der Waals surface area contributed by atoms with E-state index in [2.05, 4.69) is 227 Å². The Morgan fingerprint density at radius 1 is 0.394 bits per heavy atom. The molecule has 1 fully saturated rings. The molecule has 6 aromatic carbocycles. The predicted molar refractivity (Wildman–Crippen MR) is 405 cm³/mol. The van der Waals surface area contributed by atoms with Gasteiger partial charge in [0.1, 0.15) is 34.5 Å². The zero-order valence-electron chi connectivity index (χ0n) is 62.9. The molecule has 0 heterocycles. The molecule has 0 saturated heterocycles. The van der Waals surface area contributed by atoms with Crippen LogP contribution in [-0.4, -0.2) is 53.7 Å². The summed E-state index contributed by atoms with van der Waals surface area (Å²) < 4.78 is 47.0. The van der Waals surface area contributed by atoms with Crippen molar-refractivity contribution < 1.29 is 38.0 Å². The average Bonchev–Trinajstić information content (AvgIpc) is 0.728. The molecule has 0 aromatic heterocycles. The van der Waals surface area contributed by atoms with Gasteiger partial charge in [-0.25, -0.2) is 4.79 Å². The zero-order valence-corrected chi connectivity index (χ0v) is 66.2. The van der Waals surface area contributed by atoms with Crippen LogP contribution in [0.2, 0.25) is 10.0 Å². The smallest absolute Gasteiger partial charge is 0.344 e. The molecule has 0 radical (unpaired) electrons. The van der Waals surface area contributed by atoms with Crippen molar-refractivity contribution in [3.05, 3.63) is 127 Å². The summed E-state index contributed by atoms with van der Waals surface area (Å²) in [6, 6.07) is 27.6. The van der Waals surface area contributed by atoms with E-state index in [-0.39, 0.29) is 56.0 Å². The SMILES string of the molecule is CCOC(=O)COc1c(Cl)ccc(P(c2cc(C(C)(C)C)c(OC)c(C(C)(C)C)c2)c2cc(C(C)(C)C)c(OC)c(C(C)(C)C)c2)c1-c1c(P(c2cc(C(C)(C)C)c(OC)c(C(C)(C)C)c2)c2cc(C(C)(C)C)c(OC)c(C(C)(C)C)c2)ccc(Cl)c1OC1CCCCC1. The summed E-state index contributed by atoms with van der Waals surface area (Å²) >= 11 is 16.0. The molecule has 0 atom stereocenters. The lowest BCUT2D eigenvalue weighted by Gasteiger charge is -2.36. The van der Waals surface area contributed by atoms with Crippen molar-refractivity contribution in [2.75, 3.05) is 41.7 Å². The lowest BCUT2D eigenvalue weighted by molar-refractivity contribution is -0.145. The third kappa shape index (κ3) is 16.6. The van der Waals surface area contributed by atoms with E-state index in [4.69, 9.17) is 56.4 Å². The van der Waals surface area contributed by atoms with Crippen molar-refractivity contribution in [3.63, 3.8) is 0 Å². The van der Waals surface area contributed by atoms with Gasteiger partial charge in [0, 0.05) is 55.6 Å². The molecule has 0 spiro atoms. The first-order valence-corrected chi connectivity index (χ1v) is 37.3. The summed E-state index contributed by atoms with van der Waals surface area (Å²) in [5.41, 5.74) is 7.27. The Morgan fingerprint density at radius 2 is 0.649 bits per heavy atom. The fraction of sp³-hybridized carbons (Fsp3) is 0.549. The average molecular weight is 1360 g/mol. The van der Waals surface area contributed by atoms with E-state index in [1.807, 2.05) is 19.1 Å². The third-order valence-electron chi connectivity index (χ3n) is 18.0. The highest BCUT2D eigenvalue weighted by molar-refractivity contribution is 7.81. The van der Waals surface area contributed by atoms with Crippen LogP contribution in [0.1, 0.15) is 250 Å². The summed E-state index contributed by atoms with van der Waals surface area (Å²) in [6.07, 6.45) is 4.72. The molecule has 12 heteroatoms. The molecule has 0 amide bonds. The first-order chi connectivity index (χ1) is 43.2. The molecule has 0 aliphatic heterocycles. The van der Waals surface area contributed by atoms with Gasteiger partial charge in [0.05, 0.1) is 51.2 Å². The fourth-order valence-corrected chi connectivity index (χ4v) is 18.6. The van der Waals surface area contributed by atoms with Crippen molar-refractivity contribution in [3.8, 4) is 45.6 Å². The minimum Gasteiger partial charge on any atom is -0.496 e. The van der Waals surface area contributed by atoms with Crippen LogP contribution in [0.25, 0.3) is 11.1 Å². The monoisotopic (exact) mass is 1360 g/mol. The first-order valence-electron chi connectivity index (χ1n) is 33.9. The summed E-state index contributed by atoms with van der Waals surface area (Å²) in [5, 5.41) is 7.09. The van der Waals surface area contributed by atoms with E-state index in [1.54, 1.807) is 28.4 Å². The van der Waals surface area contributed by atoms with Gasteiger partial charge in [0.25, 0.3) is 0 Å². The minimum absolute atomic E-state index is 0.156. The fourth-order valence-electron chi connectivity index (χ4n) is 13.1. The van der Waals surface area contributed by atoms with Crippen LogP contribution in [-0.2, 0) is 52.9 Å². The third-order valence-corrected chi connectivity index (χ3v) is 23.4. The van der Waals surface area contributed by atoms with Gasteiger partial charge in [-0.1, -0.05) is 208 Å². The summed E-state index contributed by atoms with van der Waals surface area (Å²) in [5.74, 6) is 3.84. The van der Waals surface area contributed by atoms with E-state index in [0.29, 0.717) is 27.1 Å². The van der Waals surface area contributed by atoms with Crippen LogP contribution in [0.4, 0.5) is 0 Å². The van der Waals surface area contributed by atoms with Crippen molar-refractivity contribution in [2.45, 2.75) is 255 Å². The predicted octanol–water partition coefficient (Wildman–Crippen LogP) is 20.2. The molecule has 0 unspecified atom stereocenters. The van der Waals surface area contributed by atoms with Gasteiger partial charge in [-0.05, 0) is 184 Å². The molecule has 7 rings (SSSR count). The second kappa shape index (κ2) is 28.5. The zero-order chi connectivity index (χ0) is 70.6. The quantitative estimate of drug-likeness (QED) is 0.0660. The Morgan fingerprint density at radius 3 is 0.894 bits per heavy atom. The van der Waals surface area contributed by atoms with Crippen molar-refractivity contribution in [1.29, 1.82) is 0 Å². The van der Waals surface area contributed by atoms with E-state index in [0.717, 1.165) is 137 Å². The maximum absolute atomic E-state index is 14.1. The lowest BCUT2D eigenvalue weighted by atomic mass is 9.79. The number of rotatable bonds is 17. The minimum atomic E-state index is -1.71. The normalized spacial score (nSPS) is 14.2. The second-order valence-electron chi connectivity index (χ2n) is 34.0. The number of carbonyl (C=O) groups is 1. The van der Waals surface area contributed by atoms with Gasteiger partial charge in [0.2, 0.25) is 0 Å². The van der Waals surface area contributed by atoms with Gasteiger partial charge in [-0.15, -0.1) is 0 Å². The maximum atomic E-state index is 14.1. The molecule has 1 aliphatic carbocycles. The van der Waals surface area contributed by atoms with Crippen molar-refractivity contribution in [1.82, 2.24) is 0 Å². The van der Waals surface area contributed by atoms with Gasteiger partial charge in [0.15, 0.2) is 6.61 Å². The molecule has 0 bridgehead atoms. The van der Waals surface area contributed by atoms with Gasteiger partial charge < -0.3 is 33.2 Å². The molecular weight excluding hydrogens is 1250 g/mol. The second-order valence-corrected chi connectivity index (χ2v) is 39.2. The maximum Gasteiger partial charge on any atom is 0.344 e. The van der Waals surface area contributed by atoms with E-state index in [1.165, 1.54) is 0 Å². The standard InChI is InChI=1S/C82H114Cl2O8P2/c1-30-90-66(85)48-91-73-62(83)36-38-64(93(50-40-54(75(2,3)4)69(86-26)55(41-50)76(5,6)7)51-42-56(77(8,9)10)70(87-27)57(43-51)78(11,12)13)67(73)68-65(39-37-63(84)74(68)92-49-34-32-31-33-35-49)94(52-44-58(79(14,15)16)71(88-28)59(45-52)80(17,18)19)53-46-60(81(20,21)22)72(89-29)61(47-53)82(23,24)25/h36-47,49H,30-35,48H2,1-29H3. The topological polar surface area (TPSA) is 81.7 Å². The van der Waals surface area contributed by atoms with Crippen molar-refractivity contribution in [2.24, 2.45) is 0 Å². The van der Waals surface area contributed by atoms with E-state index in [9.17, 15) is 4.79 Å². The number of esters is 1. The van der Waals surface area contributed by atoms with Crippen molar-refractivity contribution >= 4 is 76.8 Å². The highest BCUT2D eigenvalue weighted by Crippen LogP contribution is 2.55. The molecular formula is C82H114Cl2O8P2. The summed E-state index contributed by atoms with van der Waals surface area (Å²) in [4.78, 5) is 14.1. The molecule has 1 saturated carbocycles. The molecule has 8 nitrogen and oxygen atoms in total. The summed E-state index contributed by atoms with van der Waals surface area (Å²) in [7, 11) is 3.80.